The maximum atomic E-state index is 12.6. The number of ketones is 1. The molecule has 23 heavy (non-hydrogen) atoms. The van der Waals surface area contributed by atoms with Crippen LogP contribution in [0.25, 0.3) is 0 Å². The molecule has 1 aromatic carbocycles. The second kappa shape index (κ2) is 6.68. The zero-order valence-electron chi connectivity index (χ0n) is 12.3. The number of para-hydroxylation sites is 1. The summed E-state index contributed by atoms with van der Waals surface area (Å²) in [5.74, 6) is 0.150. The number of carbonyl (C=O) groups is 1. The van der Waals surface area contributed by atoms with Gasteiger partial charge in [-0.25, -0.2) is 0 Å². The zero-order chi connectivity index (χ0) is 17.0. The zero-order valence-corrected chi connectivity index (χ0v) is 12.3. The summed E-state index contributed by atoms with van der Waals surface area (Å²) in [6, 6.07) is 8.15. The molecule has 0 unspecified atom stereocenters. The maximum absolute atomic E-state index is 12.6. The molecule has 0 aliphatic carbocycles. The van der Waals surface area contributed by atoms with Crippen molar-refractivity contribution in [2.24, 2.45) is 0 Å². The van der Waals surface area contributed by atoms with E-state index in [1.807, 2.05) is 0 Å². The lowest BCUT2D eigenvalue weighted by atomic mass is 10.1. The lowest BCUT2D eigenvalue weighted by Crippen LogP contribution is -2.24. The van der Waals surface area contributed by atoms with Crippen LogP contribution in [0.4, 0.5) is 13.2 Å². The van der Waals surface area contributed by atoms with E-state index in [0.717, 1.165) is 22.9 Å². The van der Waals surface area contributed by atoms with E-state index in [1.165, 1.54) is 6.92 Å². The average Bonchev–Trinajstić information content (AvgIpc) is 2.48. The number of aromatic nitrogens is 1. The van der Waals surface area contributed by atoms with E-state index in [4.69, 9.17) is 4.74 Å². The number of hydrogen-bond donors (Lipinski definition) is 0. The van der Waals surface area contributed by atoms with Crippen LogP contribution in [0.15, 0.2) is 47.4 Å². The van der Waals surface area contributed by atoms with Crippen molar-refractivity contribution in [3.8, 4) is 5.75 Å². The summed E-state index contributed by atoms with van der Waals surface area (Å²) in [6.07, 6.45) is -3.76. The number of halogens is 3. The molecule has 4 nitrogen and oxygen atoms in total. The van der Waals surface area contributed by atoms with E-state index in [-0.39, 0.29) is 18.9 Å². The van der Waals surface area contributed by atoms with Gasteiger partial charge in [0.2, 0.25) is 0 Å². The van der Waals surface area contributed by atoms with Crippen LogP contribution in [0.5, 0.6) is 5.75 Å². The summed E-state index contributed by atoms with van der Waals surface area (Å²) in [7, 11) is 0. The highest BCUT2D eigenvalue weighted by Crippen LogP contribution is 2.28. The third-order valence-electron chi connectivity index (χ3n) is 3.17. The molecule has 7 heteroatoms. The Morgan fingerprint density at radius 1 is 1.17 bits per heavy atom. The second-order valence-corrected chi connectivity index (χ2v) is 4.85. The SMILES string of the molecule is CC(=O)c1ccccc1OCCn1cc(C(F)(F)F)ccc1=O. The molecular weight excluding hydrogens is 311 g/mol. The predicted octanol–water partition coefficient (Wildman–Crippen LogP) is 3.15. The Hall–Kier alpha value is -2.57. The molecule has 0 bridgehead atoms. The molecule has 0 atom stereocenters. The minimum atomic E-state index is -4.52. The Morgan fingerprint density at radius 3 is 2.52 bits per heavy atom. The number of rotatable bonds is 5. The molecule has 122 valence electrons. The van der Waals surface area contributed by atoms with Gasteiger partial charge in [-0.15, -0.1) is 0 Å². The van der Waals surface area contributed by atoms with Crippen molar-refractivity contribution in [2.45, 2.75) is 19.6 Å². The second-order valence-electron chi connectivity index (χ2n) is 4.85. The third-order valence-corrected chi connectivity index (χ3v) is 3.17. The minimum absolute atomic E-state index is 0.0362. The third kappa shape index (κ3) is 4.21. The molecule has 0 aliphatic rings. The number of nitrogens with zero attached hydrogens (tertiary/aromatic N) is 1. The molecule has 0 N–H and O–H groups in total. The molecule has 2 rings (SSSR count). The minimum Gasteiger partial charge on any atom is -0.491 e. The van der Waals surface area contributed by atoms with Crippen molar-refractivity contribution in [1.29, 1.82) is 0 Å². The number of benzene rings is 1. The normalized spacial score (nSPS) is 11.3. The van der Waals surface area contributed by atoms with Crippen molar-refractivity contribution < 1.29 is 22.7 Å². The summed E-state index contributed by atoms with van der Waals surface area (Å²) in [4.78, 5) is 23.1. The first-order chi connectivity index (χ1) is 10.8. The highest BCUT2D eigenvalue weighted by Gasteiger charge is 2.30. The van der Waals surface area contributed by atoms with Gasteiger partial charge in [0.15, 0.2) is 5.78 Å². The topological polar surface area (TPSA) is 48.3 Å². The van der Waals surface area contributed by atoms with Crippen LogP contribution >= 0.6 is 0 Å². The number of carbonyl (C=O) groups excluding carboxylic acids is 1. The predicted molar refractivity (Wildman–Crippen MR) is 77.6 cm³/mol. The molecule has 0 aliphatic heterocycles. The maximum Gasteiger partial charge on any atom is 0.417 e. The van der Waals surface area contributed by atoms with Crippen molar-refractivity contribution in [1.82, 2.24) is 4.57 Å². The van der Waals surface area contributed by atoms with Crippen molar-refractivity contribution in [3.63, 3.8) is 0 Å². The van der Waals surface area contributed by atoms with Gasteiger partial charge in [0.25, 0.3) is 5.56 Å². The molecule has 1 aromatic heterocycles. The van der Waals surface area contributed by atoms with Gasteiger partial charge in [-0.1, -0.05) is 12.1 Å². The van der Waals surface area contributed by atoms with Crippen LogP contribution in [0.2, 0.25) is 0 Å². The van der Waals surface area contributed by atoms with Gasteiger partial charge in [-0.3, -0.25) is 9.59 Å². The van der Waals surface area contributed by atoms with Crippen molar-refractivity contribution in [2.75, 3.05) is 6.61 Å². The number of hydrogen-bond acceptors (Lipinski definition) is 3. The molecule has 2 aromatic rings. The van der Waals surface area contributed by atoms with Crippen molar-refractivity contribution >= 4 is 5.78 Å². The van der Waals surface area contributed by atoms with E-state index in [0.29, 0.717) is 11.3 Å². The van der Waals surface area contributed by atoms with E-state index in [9.17, 15) is 22.8 Å². The smallest absolute Gasteiger partial charge is 0.417 e. The summed E-state index contributed by atoms with van der Waals surface area (Å²) < 4.78 is 44.3. The molecule has 0 amide bonds. The fourth-order valence-corrected chi connectivity index (χ4v) is 2.01. The van der Waals surface area contributed by atoms with Gasteiger partial charge < -0.3 is 9.30 Å². The lowest BCUT2D eigenvalue weighted by Gasteiger charge is -2.12. The average molecular weight is 325 g/mol. The van der Waals surface area contributed by atoms with Gasteiger partial charge in [-0.05, 0) is 25.1 Å². The molecule has 0 saturated heterocycles. The number of Topliss-reactive ketones (excluding diaryl/α,β-unsaturated/α-hetero) is 1. The highest BCUT2D eigenvalue weighted by molar-refractivity contribution is 5.96. The Balaban J connectivity index is 2.11. The molecule has 0 saturated carbocycles. The fraction of sp³-hybridized carbons (Fsp3) is 0.250. The van der Waals surface area contributed by atoms with E-state index >= 15 is 0 Å². The molecular formula is C16H14F3NO3. The summed E-state index contributed by atoms with van der Waals surface area (Å²) in [6.45, 7) is 1.29. The Kier molecular flexibility index (Phi) is 4.88. The van der Waals surface area contributed by atoms with Crippen LogP contribution in [-0.2, 0) is 12.7 Å². The molecule has 1 heterocycles. The Labute approximate surface area is 130 Å². The van der Waals surface area contributed by atoms with Crippen molar-refractivity contribution in [3.05, 3.63) is 64.1 Å². The first kappa shape index (κ1) is 16.8. The summed E-state index contributed by atoms with van der Waals surface area (Å²) in [5.41, 5.74) is -1.08. The lowest BCUT2D eigenvalue weighted by molar-refractivity contribution is -0.138. The summed E-state index contributed by atoms with van der Waals surface area (Å²) in [5, 5.41) is 0. The van der Waals surface area contributed by atoms with E-state index < -0.39 is 17.3 Å². The Bertz CT molecular complexity index is 766. The highest BCUT2D eigenvalue weighted by atomic mass is 19.4. The number of alkyl halides is 3. The van der Waals surface area contributed by atoms with Crippen LogP contribution in [0.1, 0.15) is 22.8 Å². The largest absolute Gasteiger partial charge is 0.491 e. The molecule has 0 fully saturated rings. The Morgan fingerprint density at radius 2 is 1.87 bits per heavy atom. The van der Waals surface area contributed by atoms with E-state index in [1.54, 1.807) is 24.3 Å². The fourth-order valence-electron chi connectivity index (χ4n) is 2.01. The molecule has 0 spiro atoms. The first-order valence-corrected chi connectivity index (χ1v) is 6.79. The standard InChI is InChI=1S/C16H14F3NO3/c1-11(21)13-4-2-3-5-14(13)23-9-8-20-10-12(16(17,18)19)6-7-15(20)22/h2-7,10H,8-9H2,1H3. The van der Waals surface area contributed by atoms with Crippen LogP contribution in [0, 0.1) is 0 Å². The van der Waals surface area contributed by atoms with Crippen LogP contribution < -0.4 is 10.3 Å². The van der Waals surface area contributed by atoms with E-state index in [2.05, 4.69) is 0 Å². The van der Waals surface area contributed by atoms with Gasteiger partial charge in [0, 0.05) is 12.3 Å². The number of pyridine rings is 1. The monoisotopic (exact) mass is 325 g/mol. The van der Waals surface area contributed by atoms with Gasteiger partial charge in [0.1, 0.15) is 12.4 Å². The van der Waals surface area contributed by atoms with Gasteiger partial charge >= 0.3 is 6.18 Å². The van der Waals surface area contributed by atoms with Gasteiger partial charge in [0.05, 0.1) is 17.7 Å². The van der Waals surface area contributed by atoms with Gasteiger partial charge in [-0.2, -0.15) is 13.2 Å². The first-order valence-electron chi connectivity index (χ1n) is 6.79. The quantitative estimate of drug-likeness (QED) is 0.794. The summed E-state index contributed by atoms with van der Waals surface area (Å²) >= 11 is 0. The number of ether oxygens (including phenoxy) is 1. The van der Waals surface area contributed by atoms with Crippen LogP contribution in [0.3, 0.4) is 0 Å². The van der Waals surface area contributed by atoms with Crippen LogP contribution in [-0.4, -0.2) is 17.0 Å². The molecule has 0 radical (unpaired) electrons.